The van der Waals surface area contributed by atoms with Gasteiger partial charge < -0.3 is 20.1 Å². The van der Waals surface area contributed by atoms with Crippen LogP contribution in [0.1, 0.15) is 46.8 Å². The number of Topliss-reactive ketones (excluding diaryl/α,β-unsaturated/α-hetero) is 1. The molecule has 1 amide bonds. The number of piperidine rings is 1. The van der Waals surface area contributed by atoms with Gasteiger partial charge in [0.15, 0.2) is 22.3 Å². The van der Waals surface area contributed by atoms with E-state index in [1.54, 1.807) is 7.11 Å². The molecule has 0 aromatic carbocycles. The third kappa shape index (κ3) is 4.07. The molecular weight excluding hydrogens is 458 g/mol. The second kappa shape index (κ2) is 8.72. The lowest BCUT2D eigenvalue weighted by molar-refractivity contribution is -0.116. The third-order valence-corrected chi connectivity index (χ3v) is 7.23. The number of carboxylic acid groups (broad SMARTS) is 1. The number of carboxylic acids is 1. The minimum atomic E-state index is -1.24. The molecule has 2 unspecified atom stereocenters. The first-order chi connectivity index (χ1) is 15.2. The molecule has 1 aromatic rings. The number of ether oxygens (including phenoxy) is 1. The van der Waals surface area contributed by atoms with Gasteiger partial charge in [-0.3, -0.25) is 14.6 Å². The van der Waals surface area contributed by atoms with E-state index >= 15 is 0 Å². The van der Waals surface area contributed by atoms with E-state index in [9.17, 15) is 19.5 Å². The topological polar surface area (TPSA) is 134 Å². The number of nitrogens with zero attached hydrogens (tertiary/aromatic N) is 4. The zero-order chi connectivity index (χ0) is 23.2. The van der Waals surface area contributed by atoms with Crippen LogP contribution >= 0.6 is 22.9 Å². The second-order valence-electron chi connectivity index (χ2n) is 7.67. The standard InChI is InChI=1S/C20H22ClN5O5S/c1-4-9-12-13(23-12)14(24-17(9)21)18(28)22-10-5-6-26(7-11(10)31-3)20-25-15(19(29)30)16(32-20)8(2)27/h10-12H,4-7H2,1-3H3,(H,22,28)(H,29,30)/t10-,11?,12?/m1/s1. The minimum absolute atomic E-state index is 0.114. The summed E-state index contributed by atoms with van der Waals surface area (Å²) >= 11 is 7.27. The first-order valence-corrected chi connectivity index (χ1v) is 11.3. The van der Waals surface area contributed by atoms with Gasteiger partial charge >= 0.3 is 5.97 Å². The number of thiazole rings is 1. The van der Waals surface area contributed by atoms with Crippen molar-refractivity contribution in [2.24, 2.45) is 9.98 Å². The van der Waals surface area contributed by atoms with Crippen LogP contribution < -0.4 is 10.2 Å². The molecule has 1 fully saturated rings. The largest absolute Gasteiger partial charge is 0.476 e. The van der Waals surface area contributed by atoms with Crippen molar-refractivity contribution in [2.45, 2.75) is 44.9 Å². The fraction of sp³-hybridized carbons (Fsp3) is 0.500. The molecule has 4 heterocycles. The van der Waals surface area contributed by atoms with E-state index in [0.29, 0.717) is 35.5 Å². The van der Waals surface area contributed by atoms with Crippen LogP contribution in [0.3, 0.4) is 0 Å². The van der Waals surface area contributed by atoms with E-state index < -0.39 is 5.97 Å². The van der Waals surface area contributed by atoms with Crippen LogP contribution in [0.5, 0.6) is 0 Å². The Hall–Kier alpha value is -2.63. The summed E-state index contributed by atoms with van der Waals surface area (Å²) in [5.41, 5.74) is 1.59. The van der Waals surface area contributed by atoms with Gasteiger partial charge in [-0.1, -0.05) is 29.9 Å². The number of methoxy groups -OCH3 is 1. The molecule has 0 aliphatic carbocycles. The monoisotopic (exact) mass is 479 g/mol. The molecule has 170 valence electrons. The number of rotatable bonds is 7. The number of aliphatic imine (C=N–C) groups is 2. The molecule has 2 N–H and O–H groups in total. The molecule has 0 bridgehead atoms. The van der Waals surface area contributed by atoms with Crippen LogP contribution in [0.4, 0.5) is 5.13 Å². The molecule has 3 aliphatic rings. The van der Waals surface area contributed by atoms with Crippen LogP contribution in [0.25, 0.3) is 0 Å². The van der Waals surface area contributed by atoms with Crippen molar-refractivity contribution in [1.82, 2.24) is 10.3 Å². The summed E-state index contributed by atoms with van der Waals surface area (Å²) in [5.74, 6) is -1.93. The lowest BCUT2D eigenvalue weighted by atomic mass is 9.99. The summed E-state index contributed by atoms with van der Waals surface area (Å²) in [4.78, 5) is 50.8. The Morgan fingerprint density at radius 1 is 1.38 bits per heavy atom. The highest BCUT2D eigenvalue weighted by molar-refractivity contribution is 7.17. The van der Waals surface area contributed by atoms with Crippen LogP contribution in [0.15, 0.2) is 20.7 Å². The van der Waals surface area contributed by atoms with Gasteiger partial charge in [-0.15, -0.1) is 0 Å². The highest BCUT2D eigenvalue weighted by atomic mass is 35.5. The quantitative estimate of drug-likeness (QED) is 0.450. The molecule has 32 heavy (non-hydrogen) atoms. The molecular formula is C20H22ClN5O5S. The maximum atomic E-state index is 12.9. The Labute approximate surface area is 193 Å². The average Bonchev–Trinajstić information content (AvgIpc) is 3.40. The highest BCUT2D eigenvalue weighted by Crippen LogP contribution is 2.34. The molecule has 1 saturated heterocycles. The molecule has 0 spiro atoms. The number of hydrogen-bond donors (Lipinski definition) is 2. The van der Waals surface area contributed by atoms with Crippen molar-refractivity contribution in [3.05, 3.63) is 21.3 Å². The molecule has 4 rings (SSSR count). The zero-order valence-corrected chi connectivity index (χ0v) is 19.3. The summed E-state index contributed by atoms with van der Waals surface area (Å²) in [7, 11) is 1.55. The maximum absolute atomic E-state index is 12.9. The summed E-state index contributed by atoms with van der Waals surface area (Å²) in [6.07, 6.45) is 0.892. The van der Waals surface area contributed by atoms with Gasteiger partial charge in [0.1, 0.15) is 16.1 Å². The number of aromatic nitrogens is 1. The first kappa shape index (κ1) is 22.6. The van der Waals surface area contributed by atoms with Crippen LogP contribution in [0, 0.1) is 0 Å². The van der Waals surface area contributed by atoms with Crippen molar-refractivity contribution in [3.8, 4) is 0 Å². The van der Waals surface area contributed by atoms with Crippen LogP contribution in [-0.4, -0.2) is 77.6 Å². The molecule has 3 atom stereocenters. The highest BCUT2D eigenvalue weighted by Gasteiger charge is 2.43. The summed E-state index contributed by atoms with van der Waals surface area (Å²) < 4.78 is 5.60. The smallest absolute Gasteiger partial charge is 0.356 e. The Morgan fingerprint density at radius 2 is 2.12 bits per heavy atom. The van der Waals surface area contributed by atoms with Gasteiger partial charge in [0.2, 0.25) is 0 Å². The number of anilines is 1. The summed E-state index contributed by atoms with van der Waals surface area (Å²) in [5, 5.41) is 13.1. The summed E-state index contributed by atoms with van der Waals surface area (Å²) in [6, 6.07) is -0.416. The van der Waals surface area contributed by atoms with E-state index in [-0.39, 0.29) is 46.2 Å². The van der Waals surface area contributed by atoms with Gasteiger partial charge in [0.05, 0.1) is 17.9 Å². The van der Waals surface area contributed by atoms with Crippen LogP contribution in [-0.2, 0) is 9.53 Å². The molecule has 12 heteroatoms. The number of amides is 1. The number of ketones is 1. The van der Waals surface area contributed by atoms with Gasteiger partial charge in [0.25, 0.3) is 5.91 Å². The number of halogens is 1. The Morgan fingerprint density at radius 3 is 2.72 bits per heavy atom. The fourth-order valence-electron chi connectivity index (χ4n) is 3.94. The third-order valence-electron chi connectivity index (χ3n) is 5.69. The lowest BCUT2D eigenvalue weighted by Gasteiger charge is -2.38. The zero-order valence-electron chi connectivity index (χ0n) is 17.7. The predicted molar refractivity (Wildman–Crippen MR) is 120 cm³/mol. The first-order valence-electron chi connectivity index (χ1n) is 10.1. The molecule has 0 saturated carbocycles. The Bertz CT molecular complexity index is 1060. The van der Waals surface area contributed by atoms with Crippen molar-refractivity contribution in [1.29, 1.82) is 0 Å². The van der Waals surface area contributed by atoms with Crippen LogP contribution in [0.2, 0.25) is 0 Å². The van der Waals surface area contributed by atoms with E-state index in [1.807, 2.05) is 11.8 Å². The number of nitrogens with one attached hydrogen (secondary N) is 1. The number of carbonyl (C=O) groups excluding carboxylic acids is 2. The molecule has 1 aromatic heterocycles. The van der Waals surface area contributed by atoms with Crippen molar-refractivity contribution in [2.75, 3.05) is 25.1 Å². The van der Waals surface area contributed by atoms with Gasteiger partial charge in [-0.25, -0.2) is 14.8 Å². The maximum Gasteiger partial charge on any atom is 0.356 e. The van der Waals surface area contributed by atoms with E-state index in [0.717, 1.165) is 23.3 Å². The normalized spacial score (nSPS) is 24.5. The van der Waals surface area contributed by atoms with Crippen molar-refractivity contribution >= 4 is 57.2 Å². The Balaban J connectivity index is 1.46. The fourth-order valence-corrected chi connectivity index (χ4v) is 5.25. The second-order valence-corrected chi connectivity index (χ2v) is 9.01. The number of fused-ring (bicyclic) bond motifs is 1. The molecule has 10 nitrogen and oxygen atoms in total. The number of hydrogen-bond acceptors (Lipinski definition) is 9. The van der Waals surface area contributed by atoms with Gasteiger partial charge in [-0.2, -0.15) is 0 Å². The lowest BCUT2D eigenvalue weighted by Crippen LogP contribution is -2.56. The molecule has 3 aliphatic heterocycles. The predicted octanol–water partition coefficient (Wildman–Crippen LogP) is 1.89. The minimum Gasteiger partial charge on any atom is -0.476 e. The van der Waals surface area contributed by atoms with Crippen molar-refractivity contribution in [3.63, 3.8) is 0 Å². The van der Waals surface area contributed by atoms with E-state index in [2.05, 4.69) is 20.3 Å². The van der Waals surface area contributed by atoms with E-state index in [4.69, 9.17) is 16.3 Å². The van der Waals surface area contributed by atoms with Gasteiger partial charge in [-0.05, 0) is 18.4 Å². The molecule has 0 radical (unpaired) electrons. The SMILES string of the molecule is CCC1=C(Cl)N=C(C(=O)N[C@@H]2CCN(c3nc(C(=O)O)c(C(C)=O)s3)CC2OC)C2=NC21. The Kier molecular flexibility index (Phi) is 6.15. The van der Waals surface area contributed by atoms with Crippen molar-refractivity contribution < 1.29 is 24.2 Å². The van der Waals surface area contributed by atoms with E-state index in [1.165, 1.54) is 6.92 Å². The number of carbonyl (C=O) groups is 3. The van der Waals surface area contributed by atoms with Gasteiger partial charge in [0, 0.05) is 27.1 Å². The number of aromatic carboxylic acids is 1. The average molecular weight is 480 g/mol. The summed E-state index contributed by atoms with van der Waals surface area (Å²) in [6.45, 7) is 4.17.